The third kappa shape index (κ3) is 10.5. The number of allylic oxidation sites excluding steroid dienone is 2. The number of aryl methyl sites for hydroxylation is 2. The third-order valence-electron chi connectivity index (χ3n) is 9.47. The van der Waals surface area contributed by atoms with E-state index in [9.17, 15) is 0 Å². The highest BCUT2D eigenvalue weighted by Gasteiger charge is 2.19. The highest BCUT2D eigenvalue weighted by Crippen LogP contribution is 2.40. The van der Waals surface area contributed by atoms with Gasteiger partial charge in [-0.25, -0.2) is 0 Å². The quantitative estimate of drug-likeness (QED) is 0.0837. The van der Waals surface area contributed by atoms with Crippen molar-refractivity contribution in [1.29, 1.82) is 0 Å². The van der Waals surface area contributed by atoms with Gasteiger partial charge in [-0.05, 0) is 117 Å². The molecular weight excluding hydrogens is 683 g/mol. The molecule has 5 nitrogen and oxygen atoms in total. The van der Waals surface area contributed by atoms with Crippen LogP contribution in [0.25, 0.3) is 38.6 Å². The van der Waals surface area contributed by atoms with Gasteiger partial charge in [0.25, 0.3) is 0 Å². The Bertz CT molecular complexity index is 2400. The van der Waals surface area contributed by atoms with Gasteiger partial charge in [0.15, 0.2) is 0 Å². The average Bonchev–Trinajstić information content (AvgIpc) is 3.58. The summed E-state index contributed by atoms with van der Waals surface area (Å²) in [4.78, 5) is 16.0. The number of aliphatic imine (C=N–C) groups is 4. The van der Waals surface area contributed by atoms with Crippen molar-refractivity contribution in [2.45, 2.75) is 39.8 Å². The summed E-state index contributed by atoms with van der Waals surface area (Å²) in [7, 11) is 0. The van der Waals surface area contributed by atoms with Gasteiger partial charge in [0, 0.05) is 22.0 Å². The molecule has 0 aliphatic carbocycles. The van der Waals surface area contributed by atoms with E-state index >= 15 is 0 Å². The number of benzene rings is 6. The largest absolute Gasteiger partial charge is 0.309 e. The van der Waals surface area contributed by atoms with Crippen molar-refractivity contribution in [1.82, 2.24) is 4.57 Å². The van der Waals surface area contributed by atoms with E-state index in [0.717, 1.165) is 42.9 Å². The van der Waals surface area contributed by atoms with E-state index in [2.05, 4.69) is 167 Å². The SMILES string of the molecule is C=NCC(/C=C\C)=C/C.C=NCc1ccc(-n2c3ccc(-c4ccccc4)cc3c3ccc(N=C)c(CCc4ccccc4)c32)cc1.C=NCc1ccccc1. The smallest absolute Gasteiger partial charge is 0.0675 e. The molecule has 0 bridgehead atoms. The van der Waals surface area contributed by atoms with Gasteiger partial charge in [-0.3, -0.25) is 20.0 Å². The zero-order valence-corrected chi connectivity index (χ0v) is 32.7. The molecule has 7 aromatic rings. The maximum Gasteiger partial charge on any atom is 0.0675 e. The average molecular weight is 734 g/mol. The molecule has 5 heteroatoms. The first-order valence-electron chi connectivity index (χ1n) is 18.9. The Labute approximate surface area is 332 Å². The number of fused-ring (bicyclic) bond motifs is 3. The summed E-state index contributed by atoms with van der Waals surface area (Å²) in [5, 5.41) is 2.46. The maximum absolute atomic E-state index is 4.46. The second kappa shape index (κ2) is 21.2. The van der Waals surface area contributed by atoms with E-state index < -0.39 is 0 Å². The molecule has 56 heavy (non-hydrogen) atoms. The summed E-state index contributed by atoms with van der Waals surface area (Å²) in [6.45, 7) is 20.4. The summed E-state index contributed by atoms with van der Waals surface area (Å²) in [6.07, 6.45) is 7.88. The van der Waals surface area contributed by atoms with Crippen LogP contribution in [0, 0.1) is 0 Å². The number of hydrogen-bond acceptors (Lipinski definition) is 4. The number of aromatic nitrogens is 1. The van der Waals surface area contributed by atoms with Crippen molar-refractivity contribution in [2.75, 3.05) is 6.54 Å². The molecule has 7 rings (SSSR count). The van der Waals surface area contributed by atoms with E-state index in [-0.39, 0.29) is 0 Å². The van der Waals surface area contributed by atoms with Crippen LogP contribution >= 0.6 is 0 Å². The van der Waals surface area contributed by atoms with Crippen molar-refractivity contribution in [3.8, 4) is 16.8 Å². The predicted molar refractivity (Wildman–Crippen MR) is 245 cm³/mol. The van der Waals surface area contributed by atoms with Crippen LogP contribution in [0.4, 0.5) is 5.69 Å². The summed E-state index contributed by atoms with van der Waals surface area (Å²) in [5.74, 6) is 0. The fraction of sp³-hybridized carbons (Fsp3) is 0.137. The van der Waals surface area contributed by atoms with Crippen molar-refractivity contribution >= 4 is 54.4 Å². The highest BCUT2D eigenvalue weighted by atomic mass is 15.0. The van der Waals surface area contributed by atoms with Crippen LogP contribution in [0.1, 0.15) is 36.1 Å². The minimum Gasteiger partial charge on any atom is -0.309 e. The normalized spacial score (nSPS) is 11.0. The van der Waals surface area contributed by atoms with Gasteiger partial charge in [-0.15, -0.1) is 0 Å². The Kier molecular flexibility index (Phi) is 15.3. The molecule has 0 aliphatic heterocycles. The first-order valence-corrected chi connectivity index (χ1v) is 18.9. The monoisotopic (exact) mass is 733 g/mol. The molecule has 0 spiro atoms. The highest BCUT2D eigenvalue weighted by molar-refractivity contribution is 6.12. The van der Waals surface area contributed by atoms with E-state index in [1.807, 2.05) is 62.4 Å². The van der Waals surface area contributed by atoms with Gasteiger partial charge in [-0.1, -0.05) is 133 Å². The van der Waals surface area contributed by atoms with E-state index in [1.54, 1.807) is 0 Å². The molecule has 1 aromatic heterocycles. The topological polar surface area (TPSA) is 54.4 Å². The lowest BCUT2D eigenvalue weighted by atomic mass is 9.99. The molecular formula is C51H51N5. The van der Waals surface area contributed by atoms with Crippen LogP contribution in [-0.4, -0.2) is 38.0 Å². The Balaban J connectivity index is 0.000000275. The van der Waals surface area contributed by atoms with Gasteiger partial charge in [0.1, 0.15) is 0 Å². The molecule has 0 saturated heterocycles. The van der Waals surface area contributed by atoms with Crippen LogP contribution in [0.15, 0.2) is 189 Å². The third-order valence-corrected chi connectivity index (χ3v) is 9.47. The van der Waals surface area contributed by atoms with E-state index in [0.29, 0.717) is 6.54 Å². The second-order valence-electron chi connectivity index (χ2n) is 13.2. The maximum atomic E-state index is 4.46. The summed E-state index contributed by atoms with van der Waals surface area (Å²) >= 11 is 0. The van der Waals surface area contributed by atoms with Crippen molar-refractivity contribution in [3.63, 3.8) is 0 Å². The molecule has 0 radical (unpaired) electrons. The van der Waals surface area contributed by atoms with Crippen molar-refractivity contribution in [2.24, 2.45) is 20.0 Å². The van der Waals surface area contributed by atoms with Gasteiger partial charge in [0.05, 0.1) is 36.4 Å². The lowest BCUT2D eigenvalue weighted by Gasteiger charge is -2.14. The Hall–Kier alpha value is -6.72. The number of nitrogens with zero attached hydrogens (tertiary/aromatic N) is 5. The van der Waals surface area contributed by atoms with Crippen LogP contribution in [0.3, 0.4) is 0 Å². The fourth-order valence-corrected chi connectivity index (χ4v) is 6.73. The number of rotatable bonds is 13. The first-order chi connectivity index (χ1) is 27.5. The molecule has 0 unspecified atom stereocenters. The Morgan fingerprint density at radius 1 is 0.571 bits per heavy atom. The summed E-state index contributed by atoms with van der Waals surface area (Å²) in [5.41, 5.74) is 13.0. The van der Waals surface area contributed by atoms with Crippen LogP contribution in [0.2, 0.25) is 0 Å². The Morgan fingerprint density at radius 2 is 1.18 bits per heavy atom. The van der Waals surface area contributed by atoms with Crippen LogP contribution in [0.5, 0.6) is 0 Å². The minimum absolute atomic E-state index is 0.612. The van der Waals surface area contributed by atoms with Gasteiger partial charge < -0.3 is 4.57 Å². The number of hydrogen-bond donors (Lipinski definition) is 0. The molecule has 0 N–H and O–H groups in total. The molecule has 0 atom stereocenters. The zero-order valence-electron chi connectivity index (χ0n) is 32.7. The molecule has 1 heterocycles. The van der Waals surface area contributed by atoms with E-state index in [1.165, 1.54) is 55.2 Å². The molecule has 0 saturated carbocycles. The molecule has 6 aromatic carbocycles. The Morgan fingerprint density at radius 3 is 1.75 bits per heavy atom. The van der Waals surface area contributed by atoms with Crippen molar-refractivity contribution < 1.29 is 0 Å². The summed E-state index contributed by atoms with van der Waals surface area (Å²) < 4.78 is 2.39. The van der Waals surface area contributed by atoms with E-state index in [4.69, 9.17) is 0 Å². The molecule has 0 fully saturated rings. The summed E-state index contributed by atoms with van der Waals surface area (Å²) in [6, 6.07) is 51.0. The van der Waals surface area contributed by atoms with Gasteiger partial charge >= 0.3 is 0 Å². The minimum atomic E-state index is 0.612. The first kappa shape index (κ1) is 40.5. The molecule has 0 amide bonds. The standard InChI is InChI=1S/C35H29N3.C8H9N.C8H13N/c1-36-24-26-13-17-29(18-14-26)38-34-22-16-28(27-11-7-4-8-12-27)23-32(34)30-20-21-33(37-2)31(35(30)38)19-15-25-9-5-3-6-10-25;1-9-7-8-5-3-2-4-6-8;1-4-6-8(5-2)7-9-3/h3-14,16-18,20-23H,1-2,15,19,24H2;2-6H,1,7H2;4-6H,3,7H2,1-2H3/b;;6-4-,8-5+. The van der Waals surface area contributed by atoms with Gasteiger partial charge in [0.2, 0.25) is 0 Å². The van der Waals surface area contributed by atoms with Gasteiger partial charge in [-0.2, -0.15) is 0 Å². The second-order valence-corrected chi connectivity index (χ2v) is 13.2. The molecule has 0 aliphatic rings. The predicted octanol–water partition coefficient (Wildman–Crippen LogP) is 12.9. The zero-order chi connectivity index (χ0) is 39.5. The lowest BCUT2D eigenvalue weighted by Crippen LogP contribution is -2.00. The fourth-order valence-electron chi connectivity index (χ4n) is 6.73. The van der Waals surface area contributed by atoms with Crippen LogP contribution < -0.4 is 0 Å². The molecule has 280 valence electrons. The van der Waals surface area contributed by atoms with Crippen LogP contribution in [-0.2, 0) is 25.9 Å². The lowest BCUT2D eigenvalue weighted by molar-refractivity contribution is 0.960. The van der Waals surface area contributed by atoms with Crippen molar-refractivity contribution in [3.05, 3.63) is 192 Å².